The Bertz CT molecular complexity index is 513. The van der Waals surface area contributed by atoms with E-state index in [-0.39, 0.29) is 0 Å². The Hall–Kier alpha value is -1.13. The number of nitrogens with one attached hydrogen (secondary N) is 1. The number of nitrogens with zero attached hydrogens (tertiary/aromatic N) is 2. The number of aryl methyl sites for hydroxylation is 3. The van der Waals surface area contributed by atoms with Gasteiger partial charge in [0.25, 0.3) is 0 Å². The molecular weight excluding hydrogens is 242 g/mol. The number of rotatable bonds is 5. The number of thiazole rings is 1. The summed E-state index contributed by atoms with van der Waals surface area (Å²) >= 11 is 1.79. The fourth-order valence-corrected chi connectivity index (χ4v) is 3.06. The zero-order valence-electron chi connectivity index (χ0n) is 11.5. The summed E-state index contributed by atoms with van der Waals surface area (Å²) in [5.41, 5.74) is 2.49. The van der Waals surface area contributed by atoms with Gasteiger partial charge in [0.15, 0.2) is 0 Å². The van der Waals surface area contributed by atoms with Crippen molar-refractivity contribution in [2.75, 3.05) is 0 Å². The van der Waals surface area contributed by atoms with Crippen LogP contribution in [0.3, 0.4) is 0 Å². The Labute approximate surface area is 113 Å². The van der Waals surface area contributed by atoms with E-state index in [1.807, 2.05) is 0 Å². The summed E-state index contributed by atoms with van der Waals surface area (Å²) in [4.78, 5) is 5.83. The second-order valence-electron chi connectivity index (χ2n) is 4.64. The van der Waals surface area contributed by atoms with Crippen molar-refractivity contribution in [1.29, 1.82) is 0 Å². The van der Waals surface area contributed by atoms with Crippen LogP contribution in [0.5, 0.6) is 0 Å². The van der Waals surface area contributed by atoms with Gasteiger partial charge in [-0.3, -0.25) is 0 Å². The number of hydrogen-bond acceptors (Lipinski definition) is 3. The van der Waals surface area contributed by atoms with Gasteiger partial charge in [-0.05, 0) is 39.3 Å². The fraction of sp³-hybridized carbons (Fsp3) is 0.500. The van der Waals surface area contributed by atoms with E-state index in [4.69, 9.17) is 0 Å². The highest BCUT2D eigenvalue weighted by atomic mass is 32.1. The van der Waals surface area contributed by atoms with E-state index in [9.17, 15) is 0 Å². The molecule has 98 valence electrons. The van der Waals surface area contributed by atoms with Crippen molar-refractivity contribution >= 4 is 11.3 Å². The van der Waals surface area contributed by atoms with Crippen LogP contribution in [0.4, 0.5) is 0 Å². The van der Waals surface area contributed by atoms with Gasteiger partial charge in [0.1, 0.15) is 0 Å². The maximum Gasteiger partial charge on any atom is 0.0900 e. The van der Waals surface area contributed by atoms with Crippen molar-refractivity contribution < 1.29 is 0 Å². The first-order chi connectivity index (χ1) is 8.60. The molecule has 3 nitrogen and oxygen atoms in total. The summed E-state index contributed by atoms with van der Waals surface area (Å²) in [6.07, 6.45) is 4.33. The lowest BCUT2D eigenvalue weighted by atomic mass is 10.2. The third-order valence-electron chi connectivity index (χ3n) is 3.12. The lowest BCUT2D eigenvalue weighted by Gasteiger charge is -2.12. The molecule has 18 heavy (non-hydrogen) atoms. The Morgan fingerprint density at radius 1 is 1.44 bits per heavy atom. The molecule has 0 saturated heterocycles. The van der Waals surface area contributed by atoms with Gasteiger partial charge in [0, 0.05) is 36.4 Å². The van der Waals surface area contributed by atoms with E-state index in [1.54, 1.807) is 11.3 Å². The van der Waals surface area contributed by atoms with Gasteiger partial charge in [-0.2, -0.15) is 0 Å². The molecule has 0 saturated carbocycles. The van der Waals surface area contributed by atoms with Gasteiger partial charge < -0.3 is 9.88 Å². The third kappa shape index (κ3) is 3.00. The molecular formula is C14H21N3S. The molecule has 2 rings (SSSR count). The van der Waals surface area contributed by atoms with Crippen LogP contribution in [0.25, 0.3) is 0 Å². The molecule has 0 aromatic carbocycles. The molecule has 0 radical (unpaired) electrons. The maximum absolute atomic E-state index is 4.48. The van der Waals surface area contributed by atoms with Crippen LogP contribution in [-0.2, 0) is 13.1 Å². The highest BCUT2D eigenvalue weighted by Crippen LogP contribution is 2.24. The molecule has 2 aromatic heterocycles. The minimum Gasteiger partial charge on any atom is -0.354 e. The van der Waals surface area contributed by atoms with Crippen molar-refractivity contribution in [3.05, 3.63) is 39.6 Å². The minimum atomic E-state index is 0.362. The molecule has 0 amide bonds. The van der Waals surface area contributed by atoms with Crippen LogP contribution >= 0.6 is 11.3 Å². The number of aromatic nitrogens is 2. The highest BCUT2D eigenvalue weighted by Gasteiger charge is 2.12. The Kier molecular flexibility index (Phi) is 4.19. The van der Waals surface area contributed by atoms with Gasteiger partial charge in [-0.15, -0.1) is 11.3 Å². The lowest BCUT2D eigenvalue weighted by Crippen LogP contribution is -2.17. The zero-order chi connectivity index (χ0) is 13.1. The van der Waals surface area contributed by atoms with E-state index in [2.05, 4.69) is 61.0 Å². The predicted octanol–water partition coefficient (Wildman–Crippen LogP) is 3.43. The van der Waals surface area contributed by atoms with Gasteiger partial charge in [-0.25, -0.2) is 4.98 Å². The lowest BCUT2D eigenvalue weighted by molar-refractivity contribution is 0.578. The average Bonchev–Trinajstić information content (AvgIpc) is 2.92. The summed E-state index contributed by atoms with van der Waals surface area (Å²) in [6, 6.07) is 2.54. The van der Waals surface area contributed by atoms with Crippen LogP contribution in [0.15, 0.2) is 18.5 Å². The quantitative estimate of drug-likeness (QED) is 0.895. The van der Waals surface area contributed by atoms with E-state index in [0.29, 0.717) is 6.04 Å². The Morgan fingerprint density at radius 2 is 2.22 bits per heavy atom. The van der Waals surface area contributed by atoms with Crippen LogP contribution in [-0.4, -0.2) is 9.55 Å². The first-order valence-corrected chi connectivity index (χ1v) is 7.23. The molecule has 0 bridgehead atoms. The number of hydrogen-bond donors (Lipinski definition) is 1. The van der Waals surface area contributed by atoms with Crippen molar-refractivity contribution in [3.63, 3.8) is 0 Å². The molecule has 0 fully saturated rings. The van der Waals surface area contributed by atoms with Gasteiger partial charge in [-0.1, -0.05) is 0 Å². The van der Waals surface area contributed by atoms with Crippen LogP contribution in [0, 0.1) is 13.8 Å². The van der Waals surface area contributed by atoms with Crippen molar-refractivity contribution in [2.24, 2.45) is 0 Å². The minimum absolute atomic E-state index is 0.362. The van der Waals surface area contributed by atoms with E-state index >= 15 is 0 Å². The third-order valence-corrected chi connectivity index (χ3v) is 4.38. The van der Waals surface area contributed by atoms with Crippen LogP contribution in [0.1, 0.15) is 41.0 Å². The molecule has 4 heteroatoms. The summed E-state index contributed by atoms with van der Waals surface area (Å²) in [6.45, 7) is 10.5. The second kappa shape index (κ2) is 5.67. The standard InChI is InChI=1S/C14H21N3S/c1-5-17-7-6-13(9-17)8-15-10(2)14-11(3)16-12(4)18-14/h6-7,9-10,15H,5,8H2,1-4H3. The molecule has 1 unspecified atom stereocenters. The van der Waals surface area contributed by atoms with Crippen LogP contribution < -0.4 is 5.32 Å². The summed E-state index contributed by atoms with van der Waals surface area (Å²) in [7, 11) is 0. The highest BCUT2D eigenvalue weighted by molar-refractivity contribution is 7.11. The summed E-state index contributed by atoms with van der Waals surface area (Å²) in [5, 5.41) is 4.71. The Balaban J connectivity index is 1.95. The van der Waals surface area contributed by atoms with E-state index < -0.39 is 0 Å². The average molecular weight is 263 g/mol. The zero-order valence-corrected chi connectivity index (χ0v) is 12.3. The van der Waals surface area contributed by atoms with E-state index in [0.717, 1.165) is 23.8 Å². The van der Waals surface area contributed by atoms with Gasteiger partial charge >= 0.3 is 0 Å². The molecule has 0 aliphatic heterocycles. The summed E-state index contributed by atoms with van der Waals surface area (Å²) < 4.78 is 2.20. The molecule has 0 spiro atoms. The normalized spacial score (nSPS) is 12.9. The topological polar surface area (TPSA) is 29.9 Å². The summed E-state index contributed by atoms with van der Waals surface area (Å²) in [5.74, 6) is 0. The molecule has 0 aliphatic carbocycles. The van der Waals surface area contributed by atoms with Crippen LogP contribution in [0.2, 0.25) is 0 Å². The first-order valence-electron chi connectivity index (χ1n) is 6.42. The Morgan fingerprint density at radius 3 is 2.78 bits per heavy atom. The largest absolute Gasteiger partial charge is 0.354 e. The monoisotopic (exact) mass is 263 g/mol. The van der Waals surface area contributed by atoms with Crippen molar-refractivity contribution in [3.8, 4) is 0 Å². The van der Waals surface area contributed by atoms with E-state index in [1.165, 1.54) is 10.4 Å². The van der Waals surface area contributed by atoms with Gasteiger partial charge in [0.2, 0.25) is 0 Å². The predicted molar refractivity (Wildman–Crippen MR) is 76.9 cm³/mol. The van der Waals surface area contributed by atoms with Crippen molar-refractivity contribution in [2.45, 2.75) is 46.8 Å². The molecule has 1 atom stereocenters. The SMILES string of the molecule is CCn1ccc(CNC(C)c2sc(C)nc2C)c1. The van der Waals surface area contributed by atoms with Gasteiger partial charge in [0.05, 0.1) is 10.7 Å². The second-order valence-corrected chi connectivity index (χ2v) is 5.87. The molecule has 0 aliphatic rings. The first kappa shape index (κ1) is 13.3. The fourth-order valence-electron chi connectivity index (χ4n) is 2.10. The maximum atomic E-state index is 4.48. The smallest absolute Gasteiger partial charge is 0.0900 e. The molecule has 1 N–H and O–H groups in total. The van der Waals surface area contributed by atoms with Crippen molar-refractivity contribution in [1.82, 2.24) is 14.9 Å². The molecule has 2 heterocycles. The molecule has 2 aromatic rings.